The van der Waals surface area contributed by atoms with Crippen molar-refractivity contribution in [1.29, 1.82) is 0 Å². The number of methoxy groups -OCH3 is 1. The summed E-state index contributed by atoms with van der Waals surface area (Å²) in [5, 5.41) is 2.79. The number of rotatable bonds is 5. The van der Waals surface area contributed by atoms with Crippen LogP contribution in [0.25, 0.3) is 0 Å². The molecule has 2 aromatic rings. The van der Waals surface area contributed by atoms with E-state index >= 15 is 0 Å². The molecule has 0 radical (unpaired) electrons. The van der Waals surface area contributed by atoms with Gasteiger partial charge in [-0.1, -0.05) is 60.1 Å². The predicted octanol–water partition coefficient (Wildman–Crippen LogP) is 2.05. The first-order valence-corrected chi connectivity index (χ1v) is 9.16. The minimum atomic E-state index is -1.04. The second kappa shape index (κ2) is 8.29. The summed E-state index contributed by atoms with van der Waals surface area (Å²) < 4.78 is 10.3. The summed E-state index contributed by atoms with van der Waals surface area (Å²) in [6, 6.07) is 17.7. The van der Waals surface area contributed by atoms with Gasteiger partial charge in [0.25, 0.3) is 0 Å². The molecule has 2 atom stereocenters. The normalized spacial score (nSPS) is 21.4. The summed E-state index contributed by atoms with van der Waals surface area (Å²) in [6.45, 7) is 0.158. The highest BCUT2D eigenvalue weighted by molar-refractivity contribution is 6.32. The number of ether oxygens (including phenoxy) is 2. The summed E-state index contributed by atoms with van der Waals surface area (Å²) in [6.07, 6.45) is 1.23. The topological polar surface area (TPSA) is 64.6 Å². The summed E-state index contributed by atoms with van der Waals surface area (Å²) in [7, 11) is 3.39. The standard InChI is InChI=1S/C21H24BNO4/c1-26-19(24)21(23-20(25)27-14-15-5-3-2-4-6-15)12-11-17(13-21)16-7-9-18(22)10-8-16/h2-10,17H,11-14,22H2,1H3,(H,23,25)/t17-,21-/m1/s1. The Morgan fingerprint density at radius 1 is 1.15 bits per heavy atom. The highest BCUT2D eigenvalue weighted by Gasteiger charge is 2.48. The maximum absolute atomic E-state index is 12.5. The van der Waals surface area contributed by atoms with Crippen LogP contribution in [0.15, 0.2) is 54.6 Å². The predicted molar refractivity (Wildman–Crippen MR) is 106 cm³/mol. The fraction of sp³-hybridized carbons (Fsp3) is 0.333. The van der Waals surface area contributed by atoms with Crippen LogP contribution in [0.3, 0.4) is 0 Å². The number of nitrogens with one attached hydrogen (secondary N) is 1. The van der Waals surface area contributed by atoms with Gasteiger partial charge in [0, 0.05) is 0 Å². The lowest BCUT2D eigenvalue weighted by Gasteiger charge is -2.27. The molecule has 27 heavy (non-hydrogen) atoms. The van der Waals surface area contributed by atoms with Crippen molar-refractivity contribution in [1.82, 2.24) is 5.32 Å². The van der Waals surface area contributed by atoms with Gasteiger partial charge in [-0.3, -0.25) is 0 Å². The van der Waals surface area contributed by atoms with Crippen molar-refractivity contribution in [3.8, 4) is 0 Å². The Balaban J connectivity index is 1.67. The van der Waals surface area contributed by atoms with Gasteiger partial charge in [0.1, 0.15) is 20.0 Å². The van der Waals surface area contributed by atoms with Crippen LogP contribution >= 0.6 is 0 Å². The van der Waals surface area contributed by atoms with Crippen LogP contribution in [0.1, 0.15) is 36.3 Å². The van der Waals surface area contributed by atoms with Gasteiger partial charge in [0.05, 0.1) is 7.11 Å². The van der Waals surface area contributed by atoms with E-state index in [0.717, 1.165) is 12.0 Å². The molecule has 1 fully saturated rings. The van der Waals surface area contributed by atoms with E-state index in [9.17, 15) is 9.59 Å². The highest BCUT2D eigenvalue weighted by Crippen LogP contribution is 2.41. The third kappa shape index (κ3) is 4.51. The Hall–Kier alpha value is -2.76. The molecule has 0 unspecified atom stereocenters. The summed E-state index contributed by atoms with van der Waals surface area (Å²) >= 11 is 0. The molecule has 6 heteroatoms. The average molecular weight is 365 g/mol. The highest BCUT2D eigenvalue weighted by atomic mass is 16.6. The lowest BCUT2D eigenvalue weighted by atomic mass is 9.89. The van der Waals surface area contributed by atoms with Crippen LogP contribution in [-0.2, 0) is 20.9 Å². The molecule has 2 aromatic carbocycles. The Morgan fingerprint density at radius 2 is 1.85 bits per heavy atom. The van der Waals surface area contributed by atoms with Crippen LogP contribution in [0.4, 0.5) is 4.79 Å². The first-order chi connectivity index (χ1) is 13.0. The first kappa shape index (κ1) is 19.0. The number of amides is 1. The molecule has 3 rings (SSSR count). The van der Waals surface area contributed by atoms with Crippen molar-refractivity contribution < 1.29 is 19.1 Å². The van der Waals surface area contributed by atoms with Crippen LogP contribution in [-0.4, -0.2) is 32.6 Å². The van der Waals surface area contributed by atoms with E-state index in [4.69, 9.17) is 9.47 Å². The molecule has 5 nitrogen and oxygen atoms in total. The lowest BCUT2D eigenvalue weighted by Crippen LogP contribution is -2.53. The van der Waals surface area contributed by atoms with Gasteiger partial charge in [-0.25, -0.2) is 9.59 Å². The summed E-state index contributed by atoms with van der Waals surface area (Å²) in [5.41, 5.74) is 2.21. The molecule has 0 aliphatic heterocycles. The minimum absolute atomic E-state index is 0.158. The molecular formula is C21H24BNO4. The van der Waals surface area contributed by atoms with Gasteiger partial charge in [-0.05, 0) is 36.3 Å². The number of benzene rings is 2. The molecule has 1 aliphatic carbocycles. The lowest BCUT2D eigenvalue weighted by molar-refractivity contribution is -0.148. The van der Waals surface area contributed by atoms with E-state index in [0.29, 0.717) is 12.8 Å². The minimum Gasteiger partial charge on any atom is -0.467 e. The molecule has 140 valence electrons. The van der Waals surface area contributed by atoms with Gasteiger partial charge in [0.15, 0.2) is 0 Å². The van der Waals surface area contributed by atoms with Gasteiger partial charge < -0.3 is 14.8 Å². The van der Waals surface area contributed by atoms with Crippen molar-refractivity contribution >= 4 is 25.4 Å². The molecule has 1 amide bonds. The number of carbonyl (C=O) groups excluding carboxylic acids is 2. The average Bonchev–Trinajstić information content (AvgIpc) is 3.12. The summed E-state index contributed by atoms with van der Waals surface area (Å²) in [5.74, 6) is -0.229. The molecule has 0 saturated heterocycles. The van der Waals surface area contributed by atoms with Crippen LogP contribution < -0.4 is 10.8 Å². The van der Waals surface area contributed by atoms with Gasteiger partial charge in [0.2, 0.25) is 0 Å². The fourth-order valence-corrected chi connectivity index (χ4v) is 3.67. The maximum atomic E-state index is 12.5. The summed E-state index contributed by atoms with van der Waals surface area (Å²) in [4.78, 5) is 24.8. The van der Waals surface area contributed by atoms with Crippen molar-refractivity contribution in [3.05, 3.63) is 65.7 Å². The zero-order valence-electron chi connectivity index (χ0n) is 15.7. The van der Waals surface area contributed by atoms with Crippen molar-refractivity contribution in [3.63, 3.8) is 0 Å². The van der Waals surface area contributed by atoms with Gasteiger partial charge >= 0.3 is 12.1 Å². The Morgan fingerprint density at radius 3 is 2.52 bits per heavy atom. The van der Waals surface area contributed by atoms with E-state index in [1.807, 2.05) is 38.2 Å². The second-order valence-electron chi connectivity index (χ2n) is 7.11. The maximum Gasteiger partial charge on any atom is 0.408 e. The van der Waals surface area contributed by atoms with E-state index in [2.05, 4.69) is 29.6 Å². The third-order valence-electron chi connectivity index (χ3n) is 5.19. The molecule has 0 aromatic heterocycles. The number of esters is 1. The van der Waals surface area contributed by atoms with Crippen LogP contribution in [0.5, 0.6) is 0 Å². The van der Waals surface area contributed by atoms with Crippen LogP contribution in [0.2, 0.25) is 0 Å². The molecular weight excluding hydrogens is 341 g/mol. The Bertz CT molecular complexity index is 794. The van der Waals surface area contributed by atoms with Crippen molar-refractivity contribution in [2.45, 2.75) is 37.3 Å². The number of alkyl carbamates (subject to hydrolysis) is 1. The van der Waals surface area contributed by atoms with Crippen molar-refractivity contribution in [2.24, 2.45) is 0 Å². The monoisotopic (exact) mass is 365 g/mol. The van der Waals surface area contributed by atoms with Crippen LogP contribution in [0, 0.1) is 0 Å². The van der Waals surface area contributed by atoms with Crippen molar-refractivity contribution in [2.75, 3.05) is 7.11 Å². The van der Waals surface area contributed by atoms with E-state index < -0.39 is 17.6 Å². The SMILES string of the molecule is Bc1ccc([C@@H]2CC[C@](NC(=O)OCc3ccccc3)(C(=O)OC)C2)cc1. The quantitative estimate of drug-likeness (QED) is 0.651. The number of hydrogen-bond donors (Lipinski definition) is 1. The zero-order chi connectivity index (χ0) is 19.3. The number of hydrogen-bond acceptors (Lipinski definition) is 4. The molecule has 0 spiro atoms. The third-order valence-corrected chi connectivity index (χ3v) is 5.19. The van der Waals surface area contributed by atoms with Gasteiger partial charge in [-0.15, -0.1) is 0 Å². The van der Waals surface area contributed by atoms with E-state index in [1.165, 1.54) is 18.1 Å². The zero-order valence-corrected chi connectivity index (χ0v) is 15.7. The van der Waals surface area contributed by atoms with Gasteiger partial charge in [-0.2, -0.15) is 0 Å². The molecule has 0 heterocycles. The first-order valence-electron chi connectivity index (χ1n) is 9.16. The molecule has 1 saturated carbocycles. The Kier molecular flexibility index (Phi) is 5.84. The molecule has 0 bridgehead atoms. The fourth-order valence-electron chi connectivity index (χ4n) is 3.67. The van der Waals surface area contributed by atoms with E-state index in [-0.39, 0.29) is 12.5 Å². The number of carbonyl (C=O) groups is 2. The molecule has 1 aliphatic rings. The van der Waals surface area contributed by atoms with E-state index in [1.54, 1.807) is 0 Å². The molecule has 1 N–H and O–H groups in total. The second-order valence-corrected chi connectivity index (χ2v) is 7.11. The largest absolute Gasteiger partial charge is 0.467 e. The Labute approximate surface area is 160 Å². The smallest absolute Gasteiger partial charge is 0.408 e.